The number of nitrogens with two attached hydrogens (primary N) is 1. The minimum Gasteiger partial charge on any atom is -0.323 e. The molecule has 0 aliphatic rings. The van der Waals surface area contributed by atoms with Gasteiger partial charge in [-0.1, -0.05) is 55.5 Å². The second kappa shape index (κ2) is 6.24. The Kier molecular flexibility index (Phi) is 4.18. The van der Waals surface area contributed by atoms with E-state index in [9.17, 15) is 0 Å². The lowest BCUT2D eigenvalue weighted by Gasteiger charge is -2.19. The third kappa shape index (κ3) is 3.06. The van der Waals surface area contributed by atoms with Gasteiger partial charge in [-0.15, -0.1) is 11.8 Å². The van der Waals surface area contributed by atoms with Crippen molar-refractivity contribution in [1.82, 2.24) is 9.97 Å². The lowest BCUT2D eigenvalue weighted by molar-refractivity contribution is 0.714. The van der Waals surface area contributed by atoms with E-state index in [0.717, 1.165) is 21.5 Å². The van der Waals surface area contributed by atoms with Gasteiger partial charge in [-0.25, -0.2) is 9.97 Å². The van der Waals surface area contributed by atoms with Gasteiger partial charge in [-0.3, -0.25) is 0 Å². The van der Waals surface area contributed by atoms with Crippen LogP contribution in [0.25, 0.3) is 10.9 Å². The summed E-state index contributed by atoms with van der Waals surface area (Å²) in [6.07, 6.45) is 1.62. The standard InChI is InChI=1S/C17H17N3S/c1-12(16(18)13-7-3-2-4-8-13)21-17-14-9-5-6-10-15(14)19-11-20-17/h2-12,16H,18H2,1H3. The Hall–Kier alpha value is -1.91. The molecule has 4 heteroatoms. The van der Waals surface area contributed by atoms with Crippen molar-refractivity contribution in [3.05, 3.63) is 66.5 Å². The highest BCUT2D eigenvalue weighted by Gasteiger charge is 2.17. The molecule has 3 aromatic rings. The van der Waals surface area contributed by atoms with Crippen molar-refractivity contribution in [2.45, 2.75) is 23.2 Å². The summed E-state index contributed by atoms with van der Waals surface area (Å²) in [5.74, 6) is 0. The Morgan fingerprint density at radius 3 is 2.48 bits per heavy atom. The van der Waals surface area contributed by atoms with Crippen LogP contribution in [-0.4, -0.2) is 15.2 Å². The first-order valence-electron chi connectivity index (χ1n) is 6.92. The second-order valence-electron chi connectivity index (χ2n) is 4.96. The fraction of sp³-hybridized carbons (Fsp3) is 0.176. The average Bonchev–Trinajstić information content (AvgIpc) is 2.55. The van der Waals surface area contributed by atoms with Crippen LogP contribution in [0.15, 0.2) is 66.0 Å². The van der Waals surface area contributed by atoms with Crippen molar-refractivity contribution in [2.75, 3.05) is 0 Å². The molecule has 0 aliphatic heterocycles. The van der Waals surface area contributed by atoms with Gasteiger partial charge in [-0.05, 0) is 11.6 Å². The smallest absolute Gasteiger partial charge is 0.117 e. The van der Waals surface area contributed by atoms with Crippen LogP contribution in [0.1, 0.15) is 18.5 Å². The molecule has 0 spiro atoms. The summed E-state index contributed by atoms with van der Waals surface area (Å²) < 4.78 is 0. The van der Waals surface area contributed by atoms with Crippen molar-refractivity contribution in [3.8, 4) is 0 Å². The summed E-state index contributed by atoms with van der Waals surface area (Å²) in [5, 5.41) is 2.29. The minimum absolute atomic E-state index is 0.0232. The Morgan fingerprint density at radius 2 is 1.67 bits per heavy atom. The maximum atomic E-state index is 6.37. The summed E-state index contributed by atoms with van der Waals surface area (Å²) in [5.41, 5.74) is 8.48. The highest BCUT2D eigenvalue weighted by molar-refractivity contribution is 8.00. The molecule has 0 amide bonds. The number of rotatable bonds is 4. The zero-order valence-electron chi connectivity index (χ0n) is 11.8. The molecule has 2 N–H and O–H groups in total. The van der Waals surface area contributed by atoms with Crippen LogP contribution in [0.3, 0.4) is 0 Å². The summed E-state index contributed by atoms with van der Waals surface area (Å²) in [6.45, 7) is 2.14. The number of hydrogen-bond acceptors (Lipinski definition) is 4. The fourth-order valence-corrected chi connectivity index (χ4v) is 3.33. The van der Waals surface area contributed by atoms with Crippen LogP contribution >= 0.6 is 11.8 Å². The van der Waals surface area contributed by atoms with Gasteiger partial charge in [0.1, 0.15) is 11.4 Å². The van der Waals surface area contributed by atoms with Gasteiger partial charge in [0.15, 0.2) is 0 Å². The van der Waals surface area contributed by atoms with Crippen molar-refractivity contribution in [2.24, 2.45) is 5.73 Å². The number of para-hydroxylation sites is 1. The first-order valence-corrected chi connectivity index (χ1v) is 7.80. The fourth-order valence-electron chi connectivity index (χ4n) is 2.27. The van der Waals surface area contributed by atoms with Crippen molar-refractivity contribution in [1.29, 1.82) is 0 Å². The number of thioether (sulfide) groups is 1. The van der Waals surface area contributed by atoms with Gasteiger partial charge in [0.05, 0.1) is 5.52 Å². The van der Waals surface area contributed by atoms with Crippen molar-refractivity contribution < 1.29 is 0 Å². The van der Waals surface area contributed by atoms with E-state index in [1.807, 2.05) is 36.4 Å². The molecule has 0 aliphatic carbocycles. The molecule has 3 rings (SSSR count). The molecular weight excluding hydrogens is 278 g/mol. The first kappa shape index (κ1) is 14.0. The van der Waals surface area contributed by atoms with E-state index in [-0.39, 0.29) is 11.3 Å². The normalized spacial score (nSPS) is 14.0. The molecule has 2 atom stereocenters. The molecule has 106 valence electrons. The van der Waals surface area contributed by atoms with E-state index in [0.29, 0.717) is 0 Å². The van der Waals surface area contributed by atoms with Crippen molar-refractivity contribution >= 4 is 22.7 Å². The molecule has 1 aromatic heterocycles. The van der Waals surface area contributed by atoms with Crippen LogP contribution in [0.2, 0.25) is 0 Å². The predicted octanol–water partition coefficient (Wildman–Crippen LogP) is 3.81. The largest absolute Gasteiger partial charge is 0.323 e. The molecule has 0 fully saturated rings. The number of fused-ring (bicyclic) bond motifs is 1. The Morgan fingerprint density at radius 1 is 0.952 bits per heavy atom. The second-order valence-corrected chi connectivity index (χ2v) is 6.32. The molecule has 0 saturated heterocycles. The Balaban J connectivity index is 1.85. The minimum atomic E-state index is -0.0232. The van der Waals surface area contributed by atoms with Gasteiger partial charge in [0.2, 0.25) is 0 Å². The van der Waals surface area contributed by atoms with Gasteiger partial charge in [-0.2, -0.15) is 0 Å². The van der Waals surface area contributed by atoms with Crippen LogP contribution in [0, 0.1) is 0 Å². The lowest BCUT2D eigenvalue weighted by atomic mass is 10.1. The highest BCUT2D eigenvalue weighted by Crippen LogP contribution is 2.32. The summed E-state index contributed by atoms with van der Waals surface area (Å²) in [7, 11) is 0. The molecule has 3 nitrogen and oxygen atoms in total. The molecule has 0 radical (unpaired) electrons. The highest BCUT2D eigenvalue weighted by atomic mass is 32.2. The summed E-state index contributed by atoms with van der Waals surface area (Å²) in [4.78, 5) is 8.72. The number of nitrogens with zero attached hydrogens (tertiary/aromatic N) is 2. The third-order valence-electron chi connectivity index (χ3n) is 3.49. The zero-order valence-corrected chi connectivity index (χ0v) is 12.6. The molecule has 1 heterocycles. The van der Waals surface area contributed by atoms with E-state index in [1.165, 1.54) is 0 Å². The van der Waals surface area contributed by atoms with Gasteiger partial charge in [0, 0.05) is 16.7 Å². The van der Waals surface area contributed by atoms with Crippen LogP contribution in [0.5, 0.6) is 0 Å². The number of benzene rings is 2. The molecular formula is C17H17N3S. The van der Waals surface area contributed by atoms with Crippen molar-refractivity contribution in [3.63, 3.8) is 0 Å². The lowest BCUT2D eigenvalue weighted by Crippen LogP contribution is -2.21. The number of aromatic nitrogens is 2. The first-order chi connectivity index (χ1) is 10.3. The Bertz CT molecular complexity index is 725. The van der Waals surface area contributed by atoms with E-state index in [1.54, 1.807) is 18.1 Å². The summed E-state index contributed by atoms with van der Waals surface area (Å²) >= 11 is 1.70. The topological polar surface area (TPSA) is 51.8 Å². The number of hydrogen-bond donors (Lipinski definition) is 1. The zero-order chi connectivity index (χ0) is 14.7. The molecule has 0 bridgehead atoms. The van der Waals surface area contributed by atoms with Gasteiger partial charge >= 0.3 is 0 Å². The van der Waals surface area contributed by atoms with E-state index >= 15 is 0 Å². The average molecular weight is 295 g/mol. The predicted molar refractivity (Wildman–Crippen MR) is 88.2 cm³/mol. The van der Waals surface area contributed by atoms with Gasteiger partial charge in [0.25, 0.3) is 0 Å². The van der Waals surface area contributed by atoms with Crippen LogP contribution in [-0.2, 0) is 0 Å². The third-order valence-corrected chi connectivity index (χ3v) is 4.71. The molecule has 21 heavy (non-hydrogen) atoms. The van der Waals surface area contributed by atoms with E-state index in [4.69, 9.17) is 5.73 Å². The van der Waals surface area contributed by atoms with E-state index in [2.05, 4.69) is 35.1 Å². The SMILES string of the molecule is CC(Sc1ncnc2ccccc12)C(N)c1ccccc1. The maximum absolute atomic E-state index is 6.37. The maximum Gasteiger partial charge on any atom is 0.117 e. The van der Waals surface area contributed by atoms with Gasteiger partial charge < -0.3 is 5.73 Å². The van der Waals surface area contributed by atoms with Crippen LogP contribution in [0.4, 0.5) is 0 Å². The van der Waals surface area contributed by atoms with E-state index < -0.39 is 0 Å². The molecule has 2 unspecified atom stereocenters. The monoisotopic (exact) mass is 295 g/mol. The quantitative estimate of drug-likeness (QED) is 0.587. The molecule has 0 saturated carbocycles. The molecule has 2 aromatic carbocycles. The van der Waals surface area contributed by atoms with Crippen LogP contribution < -0.4 is 5.73 Å². The Labute approximate surface area is 128 Å². The summed E-state index contributed by atoms with van der Waals surface area (Å²) in [6, 6.07) is 18.2.